The molecule has 110 valence electrons. The molecule has 1 saturated heterocycles. The van der Waals surface area contributed by atoms with E-state index in [0.717, 1.165) is 19.5 Å². The first-order valence-corrected chi connectivity index (χ1v) is 7.91. The number of likely N-dealkylation sites (tertiary alicyclic amines) is 1. The zero-order valence-electron chi connectivity index (χ0n) is 13.1. The Bertz CT molecular complexity index is 462. The number of carbonyl (C=O) groups excluding carboxylic acids is 1. The number of hydrogen-bond acceptors (Lipinski definition) is 2. The highest BCUT2D eigenvalue weighted by Gasteiger charge is 2.37. The number of rotatable bonds is 5. The van der Waals surface area contributed by atoms with Crippen molar-refractivity contribution in [2.45, 2.75) is 58.4 Å². The van der Waals surface area contributed by atoms with E-state index in [-0.39, 0.29) is 5.54 Å². The standard InChI is InChI=1S/C18H27NO/c1-4-18(3,19-12-8-5-9-13-19)17(20)14-16-11-7-6-10-15(16)2/h6-7,10-11H,4-5,8-9,12-14H2,1-3H3. The largest absolute Gasteiger partial charge is 0.297 e. The fraction of sp³-hybridized carbons (Fsp3) is 0.611. The maximum atomic E-state index is 12.9. The summed E-state index contributed by atoms with van der Waals surface area (Å²) < 4.78 is 0. The molecule has 1 aliphatic rings. The molecule has 0 amide bonds. The second-order valence-corrected chi connectivity index (χ2v) is 6.20. The number of carbonyl (C=O) groups is 1. The number of benzene rings is 1. The van der Waals surface area contributed by atoms with Crippen molar-refractivity contribution in [2.75, 3.05) is 13.1 Å². The van der Waals surface area contributed by atoms with Crippen molar-refractivity contribution in [1.82, 2.24) is 4.90 Å². The molecule has 2 nitrogen and oxygen atoms in total. The molecule has 1 aromatic rings. The summed E-state index contributed by atoms with van der Waals surface area (Å²) >= 11 is 0. The van der Waals surface area contributed by atoms with Gasteiger partial charge in [-0.25, -0.2) is 0 Å². The molecule has 1 aliphatic heterocycles. The number of hydrogen-bond donors (Lipinski definition) is 0. The molecule has 1 aromatic carbocycles. The minimum absolute atomic E-state index is 0.289. The Kier molecular flexibility index (Phi) is 4.98. The van der Waals surface area contributed by atoms with Gasteiger partial charge < -0.3 is 0 Å². The van der Waals surface area contributed by atoms with Crippen molar-refractivity contribution in [3.05, 3.63) is 35.4 Å². The van der Waals surface area contributed by atoms with E-state index in [0.29, 0.717) is 12.2 Å². The maximum absolute atomic E-state index is 12.9. The van der Waals surface area contributed by atoms with E-state index < -0.39 is 0 Å². The number of piperidine rings is 1. The molecule has 1 atom stereocenters. The van der Waals surface area contributed by atoms with Gasteiger partial charge in [0.25, 0.3) is 0 Å². The first-order valence-electron chi connectivity index (χ1n) is 7.91. The quantitative estimate of drug-likeness (QED) is 0.814. The Morgan fingerprint density at radius 3 is 2.45 bits per heavy atom. The molecule has 0 N–H and O–H groups in total. The fourth-order valence-electron chi connectivity index (χ4n) is 3.16. The van der Waals surface area contributed by atoms with Crippen LogP contribution in [0.1, 0.15) is 50.7 Å². The lowest BCUT2D eigenvalue weighted by atomic mass is 9.85. The third-order valence-electron chi connectivity index (χ3n) is 4.96. The number of ketones is 1. The van der Waals surface area contributed by atoms with Crippen LogP contribution in [0.15, 0.2) is 24.3 Å². The van der Waals surface area contributed by atoms with Crippen molar-refractivity contribution in [3.63, 3.8) is 0 Å². The van der Waals surface area contributed by atoms with Gasteiger partial charge in [-0.3, -0.25) is 9.69 Å². The van der Waals surface area contributed by atoms with Crippen molar-refractivity contribution in [3.8, 4) is 0 Å². The van der Waals surface area contributed by atoms with E-state index >= 15 is 0 Å². The van der Waals surface area contributed by atoms with E-state index in [1.807, 2.05) is 12.1 Å². The van der Waals surface area contributed by atoms with Gasteiger partial charge in [-0.05, 0) is 57.3 Å². The molecule has 2 heteroatoms. The summed E-state index contributed by atoms with van der Waals surface area (Å²) in [6, 6.07) is 8.24. The Morgan fingerprint density at radius 1 is 1.20 bits per heavy atom. The minimum Gasteiger partial charge on any atom is -0.297 e. The van der Waals surface area contributed by atoms with E-state index in [9.17, 15) is 4.79 Å². The lowest BCUT2D eigenvalue weighted by Crippen LogP contribution is -2.54. The van der Waals surface area contributed by atoms with Gasteiger partial charge in [0.2, 0.25) is 0 Å². The van der Waals surface area contributed by atoms with Gasteiger partial charge in [0.05, 0.1) is 5.54 Å². The molecule has 0 aromatic heterocycles. The highest BCUT2D eigenvalue weighted by atomic mass is 16.1. The van der Waals surface area contributed by atoms with Crippen LogP contribution in [0.2, 0.25) is 0 Å². The first-order chi connectivity index (χ1) is 9.58. The van der Waals surface area contributed by atoms with Crippen LogP contribution < -0.4 is 0 Å². The summed E-state index contributed by atoms with van der Waals surface area (Å²) in [5.74, 6) is 0.371. The highest BCUT2D eigenvalue weighted by molar-refractivity contribution is 5.90. The van der Waals surface area contributed by atoms with E-state index in [2.05, 4.69) is 37.8 Å². The molecule has 2 rings (SSSR count). The molecular formula is C18H27NO. The van der Waals surface area contributed by atoms with Crippen LogP contribution in [-0.2, 0) is 11.2 Å². The Hall–Kier alpha value is -1.15. The van der Waals surface area contributed by atoms with Crippen LogP contribution in [0.25, 0.3) is 0 Å². The third-order valence-corrected chi connectivity index (χ3v) is 4.96. The molecular weight excluding hydrogens is 246 g/mol. The first kappa shape index (κ1) is 15.2. The predicted molar refractivity (Wildman–Crippen MR) is 84.0 cm³/mol. The normalized spacial score (nSPS) is 19.6. The van der Waals surface area contributed by atoms with E-state index in [4.69, 9.17) is 0 Å². The van der Waals surface area contributed by atoms with Gasteiger partial charge in [0.1, 0.15) is 0 Å². The van der Waals surface area contributed by atoms with Gasteiger partial charge in [-0.15, -0.1) is 0 Å². The van der Waals surface area contributed by atoms with E-state index in [1.54, 1.807) is 0 Å². The van der Waals surface area contributed by atoms with Crippen LogP contribution in [0.3, 0.4) is 0 Å². The monoisotopic (exact) mass is 273 g/mol. The average molecular weight is 273 g/mol. The van der Waals surface area contributed by atoms with Gasteiger partial charge >= 0.3 is 0 Å². The summed E-state index contributed by atoms with van der Waals surface area (Å²) in [5, 5.41) is 0. The van der Waals surface area contributed by atoms with Crippen LogP contribution in [-0.4, -0.2) is 29.3 Å². The van der Waals surface area contributed by atoms with E-state index in [1.165, 1.54) is 30.4 Å². The lowest BCUT2D eigenvalue weighted by molar-refractivity contribution is -0.130. The number of Topliss-reactive ketones (excluding diaryl/α,β-unsaturated/α-hetero) is 1. The van der Waals surface area contributed by atoms with Crippen molar-refractivity contribution >= 4 is 5.78 Å². The molecule has 1 heterocycles. The molecule has 0 radical (unpaired) electrons. The maximum Gasteiger partial charge on any atom is 0.157 e. The lowest BCUT2D eigenvalue weighted by Gasteiger charge is -2.42. The molecule has 0 aliphatic carbocycles. The summed E-state index contributed by atoms with van der Waals surface area (Å²) in [5.41, 5.74) is 2.11. The summed E-state index contributed by atoms with van der Waals surface area (Å²) in [6.07, 6.45) is 5.23. The van der Waals surface area contributed by atoms with Crippen LogP contribution in [0, 0.1) is 6.92 Å². The number of nitrogens with zero attached hydrogens (tertiary/aromatic N) is 1. The van der Waals surface area contributed by atoms with Gasteiger partial charge in [-0.1, -0.05) is 37.6 Å². The van der Waals surface area contributed by atoms with Gasteiger partial charge in [-0.2, -0.15) is 0 Å². The Morgan fingerprint density at radius 2 is 1.85 bits per heavy atom. The third kappa shape index (κ3) is 3.12. The topological polar surface area (TPSA) is 20.3 Å². The van der Waals surface area contributed by atoms with Crippen LogP contribution in [0.5, 0.6) is 0 Å². The summed E-state index contributed by atoms with van der Waals surface area (Å²) in [6.45, 7) is 8.52. The molecule has 0 saturated carbocycles. The molecule has 0 spiro atoms. The van der Waals surface area contributed by atoms with Crippen LogP contribution in [0.4, 0.5) is 0 Å². The van der Waals surface area contributed by atoms with Gasteiger partial charge in [0, 0.05) is 6.42 Å². The Balaban J connectivity index is 2.14. The second-order valence-electron chi connectivity index (χ2n) is 6.20. The average Bonchev–Trinajstić information content (AvgIpc) is 2.49. The highest BCUT2D eigenvalue weighted by Crippen LogP contribution is 2.26. The number of aryl methyl sites for hydroxylation is 1. The molecule has 0 bridgehead atoms. The fourth-order valence-corrected chi connectivity index (χ4v) is 3.16. The smallest absolute Gasteiger partial charge is 0.157 e. The van der Waals surface area contributed by atoms with Crippen LogP contribution >= 0.6 is 0 Å². The SMILES string of the molecule is CCC(C)(C(=O)Cc1ccccc1C)N1CCCCC1. The van der Waals surface area contributed by atoms with Crippen molar-refractivity contribution in [2.24, 2.45) is 0 Å². The summed E-state index contributed by atoms with van der Waals surface area (Å²) in [4.78, 5) is 15.3. The molecule has 1 unspecified atom stereocenters. The molecule has 1 fully saturated rings. The van der Waals surface area contributed by atoms with Crippen molar-refractivity contribution in [1.29, 1.82) is 0 Å². The van der Waals surface area contributed by atoms with Crippen molar-refractivity contribution < 1.29 is 4.79 Å². The summed E-state index contributed by atoms with van der Waals surface area (Å²) in [7, 11) is 0. The zero-order valence-corrected chi connectivity index (χ0v) is 13.1. The molecule has 20 heavy (non-hydrogen) atoms. The van der Waals surface area contributed by atoms with Gasteiger partial charge in [0.15, 0.2) is 5.78 Å². The second kappa shape index (κ2) is 6.53. The zero-order chi connectivity index (χ0) is 14.6. The predicted octanol–water partition coefficient (Wildman–Crippen LogP) is 3.76. The minimum atomic E-state index is -0.289. The Labute approximate surface area is 123 Å².